The maximum absolute atomic E-state index is 12.5. The number of fused-ring (bicyclic) bond motifs is 1. The van der Waals surface area contributed by atoms with Gasteiger partial charge in [-0.3, -0.25) is 4.79 Å². The van der Waals surface area contributed by atoms with Crippen molar-refractivity contribution in [2.45, 2.75) is 77.0 Å². The van der Waals surface area contributed by atoms with E-state index in [1.165, 1.54) is 44.9 Å². The number of rotatable bonds is 8. The molecule has 1 heterocycles. The SMILES string of the molecule is CCCCCCCC[C@@H]1CCCc2[nH]cc(OC)c(=O)c21. The highest BCUT2D eigenvalue weighted by Gasteiger charge is 2.24. The van der Waals surface area contributed by atoms with Crippen LogP contribution in [0.3, 0.4) is 0 Å². The normalized spacial score (nSPS) is 17.5. The van der Waals surface area contributed by atoms with Gasteiger partial charge >= 0.3 is 0 Å². The summed E-state index contributed by atoms with van der Waals surface area (Å²) in [4.78, 5) is 15.8. The average molecular weight is 291 g/mol. The molecular formula is C18H29NO2. The van der Waals surface area contributed by atoms with Crippen LogP contribution in [-0.2, 0) is 6.42 Å². The summed E-state index contributed by atoms with van der Waals surface area (Å²) in [5.41, 5.74) is 2.26. The Morgan fingerprint density at radius 3 is 2.76 bits per heavy atom. The van der Waals surface area contributed by atoms with Crippen LogP contribution in [-0.4, -0.2) is 12.1 Å². The Labute approximate surface area is 128 Å². The number of hydrogen-bond acceptors (Lipinski definition) is 2. The zero-order chi connectivity index (χ0) is 15.1. The van der Waals surface area contributed by atoms with Gasteiger partial charge in [-0.05, 0) is 31.6 Å². The van der Waals surface area contributed by atoms with Crippen LogP contribution in [0.15, 0.2) is 11.0 Å². The third-order valence-electron chi connectivity index (χ3n) is 4.68. The predicted octanol–water partition coefficient (Wildman–Crippen LogP) is 4.55. The highest BCUT2D eigenvalue weighted by Crippen LogP contribution is 2.33. The lowest BCUT2D eigenvalue weighted by atomic mass is 9.82. The standard InChI is InChI=1S/C18H29NO2/c1-3-4-5-6-7-8-10-14-11-9-12-15-17(14)18(20)16(21-2)13-19-15/h13-14H,3-12H2,1-2H3,(H,19,20)/t14-/m1/s1. The van der Waals surface area contributed by atoms with Crippen LogP contribution in [0.4, 0.5) is 0 Å². The van der Waals surface area contributed by atoms with Crippen LogP contribution in [0.1, 0.15) is 81.9 Å². The van der Waals surface area contributed by atoms with Crippen molar-refractivity contribution in [3.63, 3.8) is 0 Å². The molecular weight excluding hydrogens is 262 g/mol. The van der Waals surface area contributed by atoms with E-state index in [4.69, 9.17) is 4.74 Å². The number of aromatic nitrogens is 1. The number of aromatic amines is 1. The summed E-state index contributed by atoms with van der Waals surface area (Å²) in [6.45, 7) is 2.25. The van der Waals surface area contributed by atoms with Crippen molar-refractivity contribution >= 4 is 0 Å². The van der Waals surface area contributed by atoms with Crippen LogP contribution in [0, 0.1) is 0 Å². The number of pyridine rings is 1. The van der Waals surface area contributed by atoms with Gasteiger partial charge in [0.1, 0.15) is 0 Å². The third-order valence-corrected chi connectivity index (χ3v) is 4.68. The summed E-state index contributed by atoms with van der Waals surface area (Å²) in [6, 6.07) is 0. The molecule has 0 spiro atoms. The number of methoxy groups -OCH3 is 1. The van der Waals surface area contributed by atoms with Crippen molar-refractivity contribution in [2.24, 2.45) is 0 Å². The molecule has 0 radical (unpaired) electrons. The largest absolute Gasteiger partial charge is 0.491 e. The van der Waals surface area contributed by atoms with Crippen molar-refractivity contribution < 1.29 is 4.74 Å². The first kappa shape index (κ1) is 16.1. The quantitative estimate of drug-likeness (QED) is 0.714. The Kier molecular flexibility index (Phi) is 6.34. The molecule has 0 unspecified atom stereocenters. The molecule has 0 saturated carbocycles. The zero-order valence-corrected chi connectivity index (χ0v) is 13.5. The molecule has 0 aromatic carbocycles. The molecule has 0 saturated heterocycles. The van der Waals surface area contributed by atoms with Crippen LogP contribution in [0.25, 0.3) is 0 Å². The number of aryl methyl sites for hydroxylation is 1. The van der Waals surface area contributed by atoms with Crippen LogP contribution >= 0.6 is 0 Å². The highest BCUT2D eigenvalue weighted by molar-refractivity contribution is 5.34. The molecule has 2 rings (SSSR count). The summed E-state index contributed by atoms with van der Waals surface area (Å²) in [7, 11) is 1.57. The molecule has 21 heavy (non-hydrogen) atoms. The second kappa shape index (κ2) is 8.26. The van der Waals surface area contributed by atoms with E-state index in [9.17, 15) is 4.79 Å². The minimum Gasteiger partial charge on any atom is -0.491 e. The molecule has 3 nitrogen and oxygen atoms in total. The zero-order valence-electron chi connectivity index (χ0n) is 13.5. The fraction of sp³-hybridized carbons (Fsp3) is 0.722. The van der Waals surface area contributed by atoms with Crippen LogP contribution in [0.2, 0.25) is 0 Å². The lowest BCUT2D eigenvalue weighted by Crippen LogP contribution is -2.23. The van der Waals surface area contributed by atoms with E-state index >= 15 is 0 Å². The average Bonchev–Trinajstić information content (AvgIpc) is 2.51. The van der Waals surface area contributed by atoms with Crippen molar-refractivity contribution in [2.75, 3.05) is 7.11 Å². The first-order chi connectivity index (χ1) is 10.3. The van der Waals surface area contributed by atoms with Gasteiger partial charge in [-0.25, -0.2) is 0 Å². The smallest absolute Gasteiger partial charge is 0.227 e. The number of H-pyrrole nitrogens is 1. The van der Waals surface area contributed by atoms with Gasteiger partial charge in [0, 0.05) is 17.5 Å². The number of ether oxygens (including phenoxy) is 1. The lowest BCUT2D eigenvalue weighted by molar-refractivity contribution is 0.402. The first-order valence-electron chi connectivity index (χ1n) is 8.56. The summed E-state index contributed by atoms with van der Waals surface area (Å²) < 4.78 is 5.19. The minimum atomic E-state index is 0.113. The maximum Gasteiger partial charge on any atom is 0.227 e. The Bertz CT molecular complexity index is 492. The van der Waals surface area contributed by atoms with Gasteiger partial charge < -0.3 is 9.72 Å². The minimum absolute atomic E-state index is 0.113. The summed E-state index contributed by atoms with van der Waals surface area (Å²) in [5, 5.41) is 0. The van der Waals surface area contributed by atoms with Gasteiger partial charge in [-0.15, -0.1) is 0 Å². The van der Waals surface area contributed by atoms with E-state index < -0.39 is 0 Å². The van der Waals surface area contributed by atoms with Crippen molar-refractivity contribution in [1.82, 2.24) is 4.98 Å². The Balaban J connectivity index is 1.96. The molecule has 1 N–H and O–H groups in total. The molecule has 0 amide bonds. The van der Waals surface area contributed by atoms with Gasteiger partial charge in [0.25, 0.3) is 0 Å². The molecule has 1 aromatic rings. The molecule has 1 aliphatic rings. The molecule has 3 heteroatoms. The molecule has 1 aliphatic carbocycles. The van der Waals surface area contributed by atoms with Gasteiger partial charge in [-0.1, -0.05) is 45.4 Å². The number of unbranched alkanes of at least 4 members (excludes halogenated alkanes) is 5. The summed E-state index contributed by atoms with van der Waals surface area (Å²) in [5.74, 6) is 0.891. The number of nitrogens with one attached hydrogen (secondary N) is 1. The summed E-state index contributed by atoms with van der Waals surface area (Å²) >= 11 is 0. The van der Waals surface area contributed by atoms with Gasteiger partial charge in [0.15, 0.2) is 5.75 Å². The Morgan fingerprint density at radius 1 is 1.24 bits per heavy atom. The van der Waals surface area contributed by atoms with E-state index in [2.05, 4.69) is 11.9 Å². The topological polar surface area (TPSA) is 42.1 Å². The fourth-order valence-electron chi connectivity index (χ4n) is 3.49. The maximum atomic E-state index is 12.5. The Hall–Kier alpha value is -1.25. The van der Waals surface area contributed by atoms with E-state index in [1.54, 1.807) is 13.3 Å². The van der Waals surface area contributed by atoms with Crippen molar-refractivity contribution in [1.29, 1.82) is 0 Å². The van der Waals surface area contributed by atoms with E-state index in [1.807, 2.05) is 0 Å². The van der Waals surface area contributed by atoms with E-state index in [0.717, 1.165) is 30.5 Å². The van der Waals surface area contributed by atoms with Crippen LogP contribution < -0.4 is 10.2 Å². The summed E-state index contributed by atoms with van der Waals surface area (Å²) in [6.07, 6.45) is 14.1. The monoisotopic (exact) mass is 291 g/mol. The van der Waals surface area contributed by atoms with Crippen molar-refractivity contribution in [3.05, 3.63) is 27.7 Å². The predicted molar refractivity (Wildman–Crippen MR) is 87.3 cm³/mol. The number of hydrogen-bond donors (Lipinski definition) is 1. The third kappa shape index (κ3) is 4.12. The Morgan fingerprint density at radius 2 is 2.00 bits per heavy atom. The molecule has 1 aromatic heterocycles. The van der Waals surface area contributed by atoms with E-state index in [-0.39, 0.29) is 5.43 Å². The molecule has 1 atom stereocenters. The molecule has 0 fully saturated rings. The fourth-order valence-corrected chi connectivity index (χ4v) is 3.49. The van der Waals surface area contributed by atoms with Gasteiger partial charge in [0.2, 0.25) is 5.43 Å². The molecule has 118 valence electrons. The highest BCUT2D eigenvalue weighted by atomic mass is 16.5. The first-order valence-corrected chi connectivity index (χ1v) is 8.56. The van der Waals surface area contributed by atoms with Crippen molar-refractivity contribution in [3.8, 4) is 5.75 Å². The second-order valence-corrected chi connectivity index (χ2v) is 6.22. The molecule has 0 bridgehead atoms. The molecule has 0 aliphatic heterocycles. The van der Waals surface area contributed by atoms with E-state index in [0.29, 0.717) is 11.7 Å². The second-order valence-electron chi connectivity index (χ2n) is 6.22. The lowest BCUT2D eigenvalue weighted by Gasteiger charge is -2.25. The van der Waals surface area contributed by atoms with Gasteiger partial charge in [0.05, 0.1) is 7.11 Å². The van der Waals surface area contributed by atoms with Crippen LogP contribution in [0.5, 0.6) is 5.75 Å². The van der Waals surface area contributed by atoms with Gasteiger partial charge in [-0.2, -0.15) is 0 Å².